The molecule has 1 heterocycles. The first-order valence-corrected chi connectivity index (χ1v) is 5.51. The highest BCUT2D eigenvalue weighted by atomic mass is 35.5. The van der Waals surface area contributed by atoms with E-state index in [1.807, 2.05) is 0 Å². The average Bonchev–Trinajstić information content (AvgIpc) is 2.70. The molecule has 0 unspecified atom stereocenters. The predicted octanol–water partition coefficient (Wildman–Crippen LogP) is 2.23. The molecular weight excluding hydrogens is 258 g/mol. The number of aliphatic hydroxyl groups excluding tert-OH is 1. The maximum atomic E-state index is 10.6. The van der Waals surface area contributed by atoms with Crippen LogP contribution in [0.3, 0.4) is 0 Å². The Bertz CT molecular complexity index is 610. The Labute approximate surface area is 108 Å². The second-order valence-corrected chi connectivity index (χ2v) is 4.14. The van der Waals surface area contributed by atoms with Crippen LogP contribution >= 0.6 is 11.6 Å². The van der Waals surface area contributed by atoms with Gasteiger partial charge < -0.3 is 5.11 Å². The third-order valence-electron chi connectivity index (χ3n) is 2.56. The Morgan fingerprint density at radius 1 is 1.56 bits per heavy atom. The minimum absolute atomic E-state index is 0.0741. The number of nitro benzene ring substituents is 1. The van der Waals surface area contributed by atoms with Crippen LogP contribution in [0.4, 0.5) is 5.69 Å². The first-order chi connectivity index (χ1) is 8.52. The van der Waals surface area contributed by atoms with Crippen molar-refractivity contribution in [3.05, 3.63) is 50.8 Å². The number of halogens is 1. The van der Waals surface area contributed by atoms with Crippen molar-refractivity contribution in [3.63, 3.8) is 0 Å². The molecule has 0 radical (unpaired) electrons. The van der Waals surface area contributed by atoms with Crippen molar-refractivity contribution in [2.24, 2.45) is 0 Å². The monoisotopic (exact) mass is 267 g/mol. The lowest BCUT2D eigenvalue weighted by Gasteiger charge is -2.03. The van der Waals surface area contributed by atoms with Crippen molar-refractivity contribution in [1.82, 2.24) is 9.78 Å². The fourth-order valence-corrected chi connectivity index (χ4v) is 1.83. The molecular formula is C11H10ClN3O3. The zero-order valence-corrected chi connectivity index (χ0v) is 10.3. The highest BCUT2D eigenvalue weighted by Crippen LogP contribution is 2.25. The van der Waals surface area contributed by atoms with E-state index in [0.717, 1.165) is 0 Å². The van der Waals surface area contributed by atoms with E-state index in [0.29, 0.717) is 16.9 Å². The van der Waals surface area contributed by atoms with Gasteiger partial charge in [-0.15, -0.1) is 0 Å². The van der Waals surface area contributed by atoms with Gasteiger partial charge in [0.25, 0.3) is 5.69 Å². The zero-order chi connectivity index (χ0) is 13.3. The highest BCUT2D eigenvalue weighted by molar-refractivity contribution is 6.32. The maximum absolute atomic E-state index is 10.6. The van der Waals surface area contributed by atoms with Crippen LogP contribution in [0.15, 0.2) is 24.4 Å². The van der Waals surface area contributed by atoms with E-state index in [2.05, 4.69) is 5.10 Å². The van der Waals surface area contributed by atoms with Gasteiger partial charge >= 0.3 is 0 Å². The fourth-order valence-electron chi connectivity index (χ4n) is 1.57. The molecule has 0 bridgehead atoms. The van der Waals surface area contributed by atoms with Gasteiger partial charge in [0.1, 0.15) is 0 Å². The number of aromatic nitrogens is 2. The van der Waals surface area contributed by atoms with Gasteiger partial charge in [-0.3, -0.25) is 10.1 Å². The molecule has 94 valence electrons. The summed E-state index contributed by atoms with van der Waals surface area (Å²) in [5.41, 5.74) is 1.83. The molecule has 1 aromatic heterocycles. The molecule has 0 fully saturated rings. The molecule has 7 heteroatoms. The van der Waals surface area contributed by atoms with E-state index >= 15 is 0 Å². The third kappa shape index (κ3) is 2.20. The van der Waals surface area contributed by atoms with Crippen molar-refractivity contribution >= 4 is 17.3 Å². The second-order valence-electron chi connectivity index (χ2n) is 3.74. The molecule has 0 aliphatic carbocycles. The number of hydrogen-bond donors (Lipinski definition) is 1. The number of rotatable bonds is 3. The minimum Gasteiger partial charge on any atom is -0.392 e. The molecule has 1 N–H and O–H groups in total. The van der Waals surface area contributed by atoms with Crippen LogP contribution in [0.1, 0.15) is 11.3 Å². The van der Waals surface area contributed by atoms with Crippen molar-refractivity contribution in [1.29, 1.82) is 0 Å². The molecule has 0 amide bonds. The first kappa shape index (κ1) is 12.5. The molecule has 0 saturated carbocycles. The van der Waals surface area contributed by atoms with Crippen LogP contribution in [0, 0.1) is 17.0 Å². The number of nitrogens with zero attached hydrogens (tertiary/aromatic N) is 3. The molecule has 1 aromatic carbocycles. The molecule has 6 nitrogen and oxygen atoms in total. The molecule has 2 aromatic rings. The molecule has 0 aliphatic heterocycles. The van der Waals surface area contributed by atoms with E-state index in [1.165, 1.54) is 22.9 Å². The normalized spacial score (nSPS) is 10.6. The van der Waals surface area contributed by atoms with Crippen molar-refractivity contribution < 1.29 is 10.0 Å². The van der Waals surface area contributed by atoms with Gasteiger partial charge in [-0.1, -0.05) is 11.6 Å². The lowest BCUT2D eigenvalue weighted by Crippen LogP contribution is -1.97. The van der Waals surface area contributed by atoms with E-state index in [-0.39, 0.29) is 17.3 Å². The summed E-state index contributed by atoms with van der Waals surface area (Å²) in [6.45, 7) is 1.65. The van der Waals surface area contributed by atoms with Crippen LogP contribution in [0.25, 0.3) is 5.69 Å². The summed E-state index contributed by atoms with van der Waals surface area (Å²) in [4.78, 5) is 10.1. The van der Waals surface area contributed by atoms with E-state index in [4.69, 9.17) is 16.7 Å². The van der Waals surface area contributed by atoms with Crippen LogP contribution < -0.4 is 0 Å². The Morgan fingerprint density at radius 2 is 2.28 bits per heavy atom. The van der Waals surface area contributed by atoms with Gasteiger partial charge in [-0.05, 0) is 13.0 Å². The largest absolute Gasteiger partial charge is 0.392 e. The van der Waals surface area contributed by atoms with E-state index < -0.39 is 4.92 Å². The van der Waals surface area contributed by atoms with Gasteiger partial charge in [0.05, 0.1) is 27.9 Å². The molecule has 0 spiro atoms. The summed E-state index contributed by atoms with van der Waals surface area (Å²) in [6, 6.07) is 4.15. The lowest BCUT2D eigenvalue weighted by molar-refractivity contribution is -0.384. The van der Waals surface area contributed by atoms with Gasteiger partial charge in [0.2, 0.25) is 0 Å². The summed E-state index contributed by atoms with van der Waals surface area (Å²) in [6.07, 6.45) is 1.64. The maximum Gasteiger partial charge on any atom is 0.271 e. The van der Waals surface area contributed by atoms with E-state index in [1.54, 1.807) is 13.1 Å². The number of benzene rings is 1. The SMILES string of the molecule is Cc1nn(-c2ccc([N+](=O)[O-])cc2Cl)cc1CO. The number of aryl methyl sites for hydroxylation is 1. The molecule has 0 saturated heterocycles. The first-order valence-electron chi connectivity index (χ1n) is 5.13. The summed E-state index contributed by atoms with van der Waals surface area (Å²) < 4.78 is 1.49. The summed E-state index contributed by atoms with van der Waals surface area (Å²) in [5, 5.41) is 24.1. The Kier molecular flexibility index (Phi) is 3.31. The van der Waals surface area contributed by atoms with Gasteiger partial charge in [-0.2, -0.15) is 5.10 Å². The minimum atomic E-state index is -0.511. The number of non-ortho nitro benzene ring substituents is 1. The van der Waals surface area contributed by atoms with Gasteiger partial charge in [-0.25, -0.2) is 4.68 Å². The van der Waals surface area contributed by atoms with Crippen LogP contribution in [0.5, 0.6) is 0 Å². The van der Waals surface area contributed by atoms with Crippen molar-refractivity contribution in [3.8, 4) is 5.69 Å². The smallest absolute Gasteiger partial charge is 0.271 e. The van der Waals surface area contributed by atoms with Crippen LogP contribution in [-0.4, -0.2) is 19.8 Å². The van der Waals surface area contributed by atoms with Crippen LogP contribution in [0.2, 0.25) is 5.02 Å². The number of aliphatic hydroxyl groups is 1. The topological polar surface area (TPSA) is 81.2 Å². The van der Waals surface area contributed by atoms with Gasteiger partial charge in [0.15, 0.2) is 0 Å². The van der Waals surface area contributed by atoms with Crippen molar-refractivity contribution in [2.75, 3.05) is 0 Å². The number of hydrogen-bond acceptors (Lipinski definition) is 4. The highest BCUT2D eigenvalue weighted by Gasteiger charge is 2.12. The summed E-state index contributed by atoms with van der Waals surface area (Å²) in [7, 11) is 0. The standard InChI is InChI=1S/C11H10ClN3O3/c1-7-8(6-16)5-14(13-7)11-3-2-9(15(17)18)4-10(11)12/h2-5,16H,6H2,1H3. The van der Waals surface area contributed by atoms with Gasteiger partial charge in [0, 0.05) is 23.9 Å². The number of nitro groups is 1. The zero-order valence-electron chi connectivity index (χ0n) is 9.50. The van der Waals surface area contributed by atoms with E-state index in [9.17, 15) is 10.1 Å². The molecule has 18 heavy (non-hydrogen) atoms. The molecule has 0 aliphatic rings. The molecule has 2 rings (SSSR count). The predicted molar refractivity (Wildman–Crippen MR) is 65.9 cm³/mol. The average molecular weight is 268 g/mol. The Balaban J connectivity index is 2.47. The molecule has 0 atom stereocenters. The third-order valence-corrected chi connectivity index (χ3v) is 2.86. The fraction of sp³-hybridized carbons (Fsp3) is 0.182. The Hall–Kier alpha value is -1.92. The van der Waals surface area contributed by atoms with Crippen molar-refractivity contribution in [2.45, 2.75) is 13.5 Å². The quantitative estimate of drug-likeness (QED) is 0.683. The second kappa shape index (κ2) is 4.75. The summed E-state index contributed by atoms with van der Waals surface area (Å²) >= 11 is 5.99. The summed E-state index contributed by atoms with van der Waals surface area (Å²) in [5.74, 6) is 0. The van der Waals surface area contributed by atoms with Crippen LogP contribution in [-0.2, 0) is 6.61 Å². The Morgan fingerprint density at radius 3 is 2.78 bits per heavy atom. The lowest BCUT2D eigenvalue weighted by atomic mass is 10.2.